The quantitative estimate of drug-likeness (QED) is 0.858. The van der Waals surface area contributed by atoms with Gasteiger partial charge in [0.1, 0.15) is 5.15 Å². The van der Waals surface area contributed by atoms with Crippen molar-refractivity contribution in [3.8, 4) is 0 Å². The number of amides is 1. The molecule has 0 aliphatic heterocycles. The smallest absolute Gasteiger partial charge is 0.253 e. The summed E-state index contributed by atoms with van der Waals surface area (Å²) in [4.78, 5) is 16.2. The number of halogens is 1. The van der Waals surface area contributed by atoms with Crippen LogP contribution < -0.4 is 5.32 Å². The van der Waals surface area contributed by atoms with Crippen LogP contribution in [0.15, 0.2) is 42.6 Å². The van der Waals surface area contributed by atoms with Crippen LogP contribution in [0.3, 0.4) is 0 Å². The Morgan fingerprint density at radius 1 is 1.25 bits per heavy atom. The number of aromatic nitrogens is 1. The van der Waals surface area contributed by atoms with Gasteiger partial charge in [0.2, 0.25) is 0 Å². The standard InChI is InChI=1S/C16H15ClN2O/c17-15-9-8-12(10-18-15)16(20)19-14-7-3-5-11-4-1-2-6-13(11)14/h1-2,4,6,8-10,14H,3,5,7H2,(H,19,20)/t14-/m0/s1. The molecule has 102 valence electrons. The molecule has 1 atom stereocenters. The maximum Gasteiger partial charge on any atom is 0.253 e. The van der Waals surface area contributed by atoms with Gasteiger partial charge in [0, 0.05) is 6.20 Å². The van der Waals surface area contributed by atoms with Gasteiger partial charge in [-0.15, -0.1) is 0 Å². The average Bonchev–Trinajstić information content (AvgIpc) is 2.48. The first-order valence-electron chi connectivity index (χ1n) is 6.74. The van der Waals surface area contributed by atoms with Crippen LogP contribution in [0.1, 0.15) is 40.4 Å². The number of carbonyl (C=O) groups excluding carboxylic acids is 1. The van der Waals surface area contributed by atoms with E-state index in [2.05, 4.69) is 22.4 Å². The fourth-order valence-corrected chi connectivity index (χ4v) is 2.77. The maximum atomic E-state index is 12.2. The monoisotopic (exact) mass is 286 g/mol. The third-order valence-corrected chi connectivity index (χ3v) is 3.89. The lowest BCUT2D eigenvalue weighted by molar-refractivity contribution is 0.0932. The zero-order valence-electron chi connectivity index (χ0n) is 11.0. The van der Waals surface area contributed by atoms with Crippen LogP contribution in [0.5, 0.6) is 0 Å². The van der Waals surface area contributed by atoms with Gasteiger partial charge in [0.25, 0.3) is 5.91 Å². The molecule has 1 aromatic heterocycles. The summed E-state index contributed by atoms with van der Waals surface area (Å²) in [5.74, 6) is -0.101. The third kappa shape index (κ3) is 2.68. The zero-order chi connectivity index (χ0) is 13.9. The molecule has 3 rings (SSSR count). The van der Waals surface area contributed by atoms with Gasteiger partial charge in [-0.1, -0.05) is 35.9 Å². The van der Waals surface area contributed by atoms with Crippen LogP contribution in [0, 0.1) is 0 Å². The number of benzene rings is 1. The molecule has 4 heteroatoms. The number of aryl methyl sites for hydroxylation is 1. The van der Waals surface area contributed by atoms with Crippen LogP contribution in [-0.2, 0) is 6.42 Å². The van der Waals surface area contributed by atoms with E-state index >= 15 is 0 Å². The first kappa shape index (κ1) is 13.1. The molecular formula is C16H15ClN2O. The molecule has 1 aliphatic rings. The van der Waals surface area contributed by atoms with Gasteiger partial charge >= 0.3 is 0 Å². The van der Waals surface area contributed by atoms with E-state index in [1.165, 1.54) is 17.3 Å². The molecule has 1 aromatic carbocycles. The van der Waals surface area contributed by atoms with Gasteiger partial charge in [0.15, 0.2) is 0 Å². The van der Waals surface area contributed by atoms with Crippen molar-refractivity contribution < 1.29 is 4.79 Å². The lowest BCUT2D eigenvalue weighted by Gasteiger charge is -2.26. The Hall–Kier alpha value is -1.87. The number of fused-ring (bicyclic) bond motifs is 1. The highest BCUT2D eigenvalue weighted by Gasteiger charge is 2.21. The van der Waals surface area contributed by atoms with Crippen LogP contribution in [0.25, 0.3) is 0 Å². The summed E-state index contributed by atoms with van der Waals surface area (Å²) >= 11 is 5.73. The summed E-state index contributed by atoms with van der Waals surface area (Å²) < 4.78 is 0. The molecule has 0 unspecified atom stereocenters. The first-order valence-corrected chi connectivity index (χ1v) is 7.12. The van der Waals surface area contributed by atoms with Crippen molar-refractivity contribution in [2.75, 3.05) is 0 Å². The predicted molar refractivity (Wildman–Crippen MR) is 78.8 cm³/mol. The van der Waals surface area contributed by atoms with E-state index in [4.69, 9.17) is 11.6 Å². The highest BCUT2D eigenvalue weighted by molar-refractivity contribution is 6.29. The molecule has 3 nitrogen and oxygen atoms in total. The van der Waals surface area contributed by atoms with E-state index in [0.29, 0.717) is 10.7 Å². The summed E-state index contributed by atoms with van der Waals surface area (Å²) in [5, 5.41) is 3.48. The lowest BCUT2D eigenvalue weighted by Crippen LogP contribution is -2.31. The molecule has 2 aromatic rings. The van der Waals surface area contributed by atoms with Gasteiger partial charge in [-0.3, -0.25) is 4.79 Å². The van der Waals surface area contributed by atoms with E-state index in [-0.39, 0.29) is 11.9 Å². The Morgan fingerprint density at radius 2 is 2.10 bits per heavy atom. The molecule has 0 spiro atoms. The second-order valence-corrected chi connectivity index (χ2v) is 5.37. The molecular weight excluding hydrogens is 272 g/mol. The van der Waals surface area contributed by atoms with E-state index < -0.39 is 0 Å². The number of carbonyl (C=O) groups is 1. The number of hydrogen-bond acceptors (Lipinski definition) is 2. The number of rotatable bonds is 2. The summed E-state index contributed by atoms with van der Waals surface area (Å²) in [6, 6.07) is 11.7. The van der Waals surface area contributed by atoms with Crippen molar-refractivity contribution >= 4 is 17.5 Å². The van der Waals surface area contributed by atoms with Crippen LogP contribution in [0.2, 0.25) is 5.15 Å². The third-order valence-electron chi connectivity index (χ3n) is 3.66. The predicted octanol–water partition coefficient (Wildman–Crippen LogP) is 3.54. The molecule has 20 heavy (non-hydrogen) atoms. The number of nitrogens with one attached hydrogen (secondary N) is 1. The first-order chi connectivity index (χ1) is 9.74. The minimum absolute atomic E-state index is 0.0862. The molecule has 0 fully saturated rings. The number of pyridine rings is 1. The highest BCUT2D eigenvalue weighted by Crippen LogP contribution is 2.29. The summed E-state index contributed by atoms with van der Waals surface area (Å²) in [7, 11) is 0. The van der Waals surface area contributed by atoms with Crippen molar-refractivity contribution in [3.05, 3.63) is 64.4 Å². The maximum absolute atomic E-state index is 12.2. The summed E-state index contributed by atoms with van der Waals surface area (Å²) in [6.45, 7) is 0. The van der Waals surface area contributed by atoms with Gasteiger partial charge in [0.05, 0.1) is 11.6 Å². The Balaban J connectivity index is 1.79. The Kier molecular flexibility index (Phi) is 3.70. The normalized spacial score (nSPS) is 17.4. The number of nitrogens with zero attached hydrogens (tertiary/aromatic N) is 1. The van der Waals surface area contributed by atoms with Crippen molar-refractivity contribution in [1.82, 2.24) is 10.3 Å². The van der Waals surface area contributed by atoms with Gasteiger partial charge < -0.3 is 5.32 Å². The second-order valence-electron chi connectivity index (χ2n) is 4.99. The molecule has 0 radical (unpaired) electrons. The Labute approximate surface area is 123 Å². The summed E-state index contributed by atoms with van der Waals surface area (Å²) in [5.41, 5.74) is 3.10. The molecule has 0 saturated heterocycles. The zero-order valence-corrected chi connectivity index (χ0v) is 11.7. The minimum atomic E-state index is -0.101. The summed E-state index contributed by atoms with van der Waals surface area (Å²) in [6.07, 6.45) is 4.67. The lowest BCUT2D eigenvalue weighted by atomic mass is 9.87. The van der Waals surface area contributed by atoms with E-state index in [1.807, 2.05) is 12.1 Å². The van der Waals surface area contributed by atoms with Gasteiger partial charge in [-0.2, -0.15) is 0 Å². The van der Waals surface area contributed by atoms with Crippen molar-refractivity contribution in [3.63, 3.8) is 0 Å². The van der Waals surface area contributed by atoms with Crippen LogP contribution in [-0.4, -0.2) is 10.9 Å². The largest absolute Gasteiger partial charge is 0.345 e. The van der Waals surface area contributed by atoms with E-state index in [9.17, 15) is 4.79 Å². The van der Waals surface area contributed by atoms with Crippen molar-refractivity contribution in [1.29, 1.82) is 0 Å². The minimum Gasteiger partial charge on any atom is -0.345 e. The Morgan fingerprint density at radius 3 is 2.90 bits per heavy atom. The highest BCUT2D eigenvalue weighted by atomic mass is 35.5. The molecule has 0 bridgehead atoms. The van der Waals surface area contributed by atoms with Crippen molar-refractivity contribution in [2.45, 2.75) is 25.3 Å². The van der Waals surface area contributed by atoms with Crippen LogP contribution in [0.4, 0.5) is 0 Å². The molecule has 0 saturated carbocycles. The SMILES string of the molecule is O=C(N[C@H]1CCCc2ccccc21)c1ccc(Cl)nc1. The molecule has 1 heterocycles. The molecule has 1 N–H and O–H groups in total. The fraction of sp³-hybridized carbons (Fsp3) is 0.250. The van der Waals surface area contributed by atoms with E-state index in [1.54, 1.807) is 12.1 Å². The average molecular weight is 287 g/mol. The van der Waals surface area contributed by atoms with Gasteiger partial charge in [-0.25, -0.2) is 4.98 Å². The topological polar surface area (TPSA) is 42.0 Å². The molecule has 1 amide bonds. The number of hydrogen-bond donors (Lipinski definition) is 1. The fourth-order valence-electron chi connectivity index (χ4n) is 2.66. The van der Waals surface area contributed by atoms with E-state index in [0.717, 1.165) is 19.3 Å². The van der Waals surface area contributed by atoms with Crippen molar-refractivity contribution in [2.24, 2.45) is 0 Å². The Bertz CT molecular complexity index is 625. The van der Waals surface area contributed by atoms with Gasteiger partial charge in [-0.05, 0) is 42.5 Å². The molecule has 1 aliphatic carbocycles. The van der Waals surface area contributed by atoms with Crippen LogP contribution >= 0.6 is 11.6 Å². The second kappa shape index (κ2) is 5.63.